The lowest BCUT2D eigenvalue weighted by atomic mass is 9.92. The fourth-order valence-corrected chi connectivity index (χ4v) is 4.00. The molecule has 24 heavy (non-hydrogen) atoms. The Labute approximate surface area is 143 Å². The molecular formula is C16H19N5O2S. The average Bonchev–Trinajstić information content (AvgIpc) is 2.98. The topological polar surface area (TPSA) is 91.0 Å². The molecule has 8 heteroatoms. The summed E-state index contributed by atoms with van der Waals surface area (Å²) in [6.07, 6.45) is 6.55. The number of pyridine rings is 1. The van der Waals surface area contributed by atoms with E-state index >= 15 is 0 Å². The smallest absolute Gasteiger partial charge is 0.251 e. The fraction of sp³-hybridized carbons (Fsp3) is 0.500. The molecule has 1 spiro atoms. The standard InChI is InChI=1S/C16H19N5O2S/c22-14-7-11(1-4-17-14)15(23)19-13-8-16(13)2-5-21(6-3-16)10-12-9-18-24-20-12/h1,4,7,9,13H,2-3,5-6,8,10H2,(H,17,22)(H,19,23). The Hall–Kier alpha value is -2.06. The van der Waals surface area contributed by atoms with E-state index in [1.807, 2.05) is 6.20 Å². The Morgan fingerprint density at radius 2 is 2.29 bits per heavy atom. The number of carbonyl (C=O) groups is 1. The largest absolute Gasteiger partial charge is 0.349 e. The summed E-state index contributed by atoms with van der Waals surface area (Å²) in [6, 6.07) is 3.21. The molecule has 1 saturated heterocycles. The molecule has 126 valence electrons. The van der Waals surface area contributed by atoms with E-state index in [0.717, 1.165) is 44.6 Å². The number of hydrogen-bond donors (Lipinski definition) is 2. The number of amides is 1. The normalized spacial score (nSPS) is 22.4. The second-order valence-corrected chi connectivity index (χ2v) is 7.27. The van der Waals surface area contributed by atoms with Crippen LogP contribution >= 0.6 is 11.7 Å². The summed E-state index contributed by atoms with van der Waals surface area (Å²) < 4.78 is 8.30. The van der Waals surface area contributed by atoms with Crippen LogP contribution in [0.15, 0.2) is 29.3 Å². The first-order valence-corrected chi connectivity index (χ1v) is 8.86. The highest BCUT2D eigenvalue weighted by molar-refractivity contribution is 6.99. The zero-order valence-electron chi connectivity index (χ0n) is 13.2. The van der Waals surface area contributed by atoms with Gasteiger partial charge in [0.1, 0.15) is 0 Å². The summed E-state index contributed by atoms with van der Waals surface area (Å²) in [5.41, 5.74) is 1.45. The minimum absolute atomic E-state index is 0.154. The Morgan fingerprint density at radius 1 is 1.46 bits per heavy atom. The molecule has 2 aliphatic rings. The van der Waals surface area contributed by atoms with Crippen LogP contribution in [0.3, 0.4) is 0 Å². The van der Waals surface area contributed by atoms with Crippen LogP contribution in [0.25, 0.3) is 0 Å². The third kappa shape index (κ3) is 3.11. The van der Waals surface area contributed by atoms with Gasteiger partial charge in [0.15, 0.2) is 0 Å². The molecule has 1 aliphatic heterocycles. The molecule has 2 aromatic heterocycles. The van der Waals surface area contributed by atoms with Crippen LogP contribution < -0.4 is 10.9 Å². The fourth-order valence-electron chi connectivity index (χ4n) is 3.57. The van der Waals surface area contributed by atoms with Gasteiger partial charge in [0.25, 0.3) is 5.91 Å². The predicted octanol–water partition coefficient (Wildman–Crippen LogP) is 1.01. The highest BCUT2D eigenvalue weighted by Gasteiger charge is 2.55. The average molecular weight is 345 g/mol. The molecular weight excluding hydrogens is 326 g/mol. The number of likely N-dealkylation sites (tertiary alicyclic amines) is 1. The summed E-state index contributed by atoms with van der Waals surface area (Å²) in [5, 5.41) is 3.09. The summed E-state index contributed by atoms with van der Waals surface area (Å²) >= 11 is 1.25. The number of aromatic amines is 1. The minimum Gasteiger partial charge on any atom is -0.349 e. The van der Waals surface area contributed by atoms with Gasteiger partial charge in [0.05, 0.1) is 23.6 Å². The Kier molecular flexibility index (Phi) is 3.93. The Bertz CT molecular complexity index is 780. The van der Waals surface area contributed by atoms with Crippen molar-refractivity contribution in [1.82, 2.24) is 23.9 Å². The number of aromatic nitrogens is 3. The molecule has 1 saturated carbocycles. The molecule has 2 fully saturated rings. The second kappa shape index (κ2) is 6.10. The zero-order chi connectivity index (χ0) is 16.6. The number of hydrogen-bond acceptors (Lipinski definition) is 6. The quantitative estimate of drug-likeness (QED) is 0.863. The minimum atomic E-state index is -0.252. The van der Waals surface area contributed by atoms with Crippen LogP contribution in [0.4, 0.5) is 0 Å². The van der Waals surface area contributed by atoms with Gasteiger partial charge in [-0.2, -0.15) is 8.75 Å². The van der Waals surface area contributed by atoms with Crippen LogP contribution in [0.2, 0.25) is 0 Å². The first kappa shape index (κ1) is 15.5. The Morgan fingerprint density at radius 3 is 3.00 bits per heavy atom. The molecule has 1 amide bonds. The van der Waals surface area contributed by atoms with Crippen molar-refractivity contribution in [3.63, 3.8) is 0 Å². The lowest BCUT2D eigenvalue weighted by Crippen LogP contribution is -2.38. The van der Waals surface area contributed by atoms with Crippen molar-refractivity contribution in [3.05, 3.63) is 46.1 Å². The van der Waals surface area contributed by atoms with Gasteiger partial charge in [-0.3, -0.25) is 14.5 Å². The van der Waals surface area contributed by atoms with Crippen molar-refractivity contribution in [2.24, 2.45) is 5.41 Å². The van der Waals surface area contributed by atoms with E-state index < -0.39 is 0 Å². The summed E-state index contributed by atoms with van der Waals surface area (Å²) in [7, 11) is 0. The maximum atomic E-state index is 12.3. The monoisotopic (exact) mass is 345 g/mol. The summed E-state index contributed by atoms with van der Waals surface area (Å²) in [4.78, 5) is 28.5. The molecule has 1 unspecified atom stereocenters. The van der Waals surface area contributed by atoms with Crippen LogP contribution in [0.1, 0.15) is 35.3 Å². The van der Waals surface area contributed by atoms with E-state index in [0.29, 0.717) is 5.56 Å². The van der Waals surface area contributed by atoms with Crippen molar-refractivity contribution in [1.29, 1.82) is 0 Å². The first-order chi connectivity index (χ1) is 11.6. The molecule has 2 N–H and O–H groups in total. The lowest BCUT2D eigenvalue weighted by molar-refractivity contribution is 0.0933. The highest BCUT2D eigenvalue weighted by atomic mass is 32.1. The molecule has 0 radical (unpaired) electrons. The van der Waals surface area contributed by atoms with Gasteiger partial charge in [0.2, 0.25) is 5.56 Å². The van der Waals surface area contributed by atoms with Crippen molar-refractivity contribution in [3.8, 4) is 0 Å². The summed E-state index contributed by atoms with van der Waals surface area (Å²) in [5.74, 6) is -0.154. The van der Waals surface area contributed by atoms with Gasteiger partial charge in [-0.15, -0.1) is 0 Å². The van der Waals surface area contributed by atoms with Gasteiger partial charge in [-0.25, -0.2) is 0 Å². The number of nitrogens with one attached hydrogen (secondary N) is 2. The van der Waals surface area contributed by atoms with E-state index in [-0.39, 0.29) is 22.9 Å². The molecule has 2 aromatic rings. The SMILES string of the molecule is O=C(NC1CC12CCN(Cc1cnsn1)CC2)c1cc[nH]c(=O)c1. The molecule has 7 nitrogen and oxygen atoms in total. The van der Waals surface area contributed by atoms with Crippen molar-refractivity contribution < 1.29 is 4.79 Å². The Balaban J connectivity index is 1.30. The third-order valence-electron chi connectivity index (χ3n) is 5.18. The molecule has 0 aromatic carbocycles. The number of rotatable bonds is 4. The van der Waals surface area contributed by atoms with Gasteiger partial charge < -0.3 is 10.3 Å². The molecule has 4 rings (SSSR count). The molecule has 3 heterocycles. The predicted molar refractivity (Wildman–Crippen MR) is 89.8 cm³/mol. The lowest BCUT2D eigenvalue weighted by Gasteiger charge is -2.32. The van der Waals surface area contributed by atoms with Crippen LogP contribution in [0, 0.1) is 5.41 Å². The first-order valence-electron chi connectivity index (χ1n) is 8.13. The van der Waals surface area contributed by atoms with Crippen LogP contribution in [0.5, 0.6) is 0 Å². The van der Waals surface area contributed by atoms with Crippen LogP contribution in [-0.4, -0.2) is 43.7 Å². The number of piperidine rings is 1. The zero-order valence-corrected chi connectivity index (χ0v) is 14.0. The van der Waals surface area contributed by atoms with Gasteiger partial charge in [-0.05, 0) is 43.8 Å². The van der Waals surface area contributed by atoms with Crippen LogP contribution in [-0.2, 0) is 6.54 Å². The second-order valence-electron chi connectivity index (χ2n) is 6.71. The van der Waals surface area contributed by atoms with E-state index in [9.17, 15) is 9.59 Å². The number of nitrogens with zero attached hydrogens (tertiary/aromatic N) is 3. The van der Waals surface area contributed by atoms with Gasteiger partial charge >= 0.3 is 0 Å². The third-order valence-corrected chi connectivity index (χ3v) is 5.69. The molecule has 0 bridgehead atoms. The number of carbonyl (C=O) groups excluding carboxylic acids is 1. The number of H-pyrrole nitrogens is 1. The maximum Gasteiger partial charge on any atom is 0.251 e. The summed E-state index contributed by atoms with van der Waals surface area (Å²) in [6.45, 7) is 2.90. The van der Waals surface area contributed by atoms with E-state index in [4.69, 9.17) is 0 Å². The van der Waals surface area contributed by atoms with E-state index in [2.05, 4.69) is 23.9 Å². The van der Waals surface area contributed by atoms with Gasteiger partial charge in [-0.1, -0.05) is 0 Å². The van der Waals surface area contributed by atoms with Gasteiger partial charge in [0, 0.05) is 30.4 Å². The van der Waals surface area contributed by atoms with Crippen molar-refractivity contribution in [2.75, 3.05) is 13.1 Å². The molecule has 1 aliphatic carbocycles. The van der Waals surface area contributed by atoms with E-state index in [1.165, 1.54) is 24.0 Å². The van der Waals surface area contributed by atoms with Crippen molar-refractivity contribution >= 4 is 17.6 Å². The van der Waals surface area contributed by atoms with Crippen molar-refractivity contribution in [2.45, 2.75) is 31.8 Å². The molecule has 1 atom stereocenters. The maximum absolute atomic E-state index is 12.3. The van der Waals surface area contributed by atoms with E-state index in [1.54, 1.807) is 6.07 Å². The highest BCUT2D eigenvalue weighted by Crippen LogP contribution is 2.54.